The number of rotatable bonds is 9. The molecule has 0 radical (unpaired) electrons. The Morgan fingerprint density at radius 1 is 1.29 bits per heavy atom. The lowest BCUT2D eigenvalue weighted by Crippen LogP contribution is -2.34. The average molecular weight is 305 g/mol. The quantitative estimate of drug-likeness (QED) is 0.483. The van der Waals surface area contributed by atoms with Crippen LogP contribution in [0.15, 0.2) is 11.6 Å². The maximum atomic E-state index is 14.6. The molecule has 3 nitrogen and oxygen atoms in total. The van der Waals surface area contributed by atoms with E-state index in [2.05, 4.69) is 4.90 Å². The van der Waals surface area contributed by atoms with Gasteiger partial charge >= 0.3 is 0 Å². The smallest absolute Gasteiger partial charge is 0.112 e. The van der Waals surface area contributed by atoms with E-state index in [1.807, 2.05) is 20.0 Å². The van der Waals surface area contributed by atoms with Crippen LogP contribution in [0.2, 0.25) is 0 Å². The Hall–Kier alpha value is -0.520. The van der Waals surface area contributed by atoms with Crippen LogP contribution < -0.4 is 0 Å². The third kappa shape index (κ3) is 6.41. The Morgan fingerprint density at radius 3 is 2.52 bits per heavy atom. The van der Waals surface area contributed by atoms with Gasteiger partial charge in [0.2, 0.25) is 0 Å². The van der Waals surface area contributed by atoms with Crippen LogP contribution in [-0.4, -0.2) is 63.8 Å². The molecule has 0 aliphatic carbocycles. The molecule has 124 valence electrons. The molecule has 1 aliphatic heterocycles. The fourth-order valence-corrected chi connectivity index (χ4v) is 2.77. The lowest BCUT2D eigenvalue weighted by Gasteiger charge is -2.31. The molecule has 0 saturated heterocycles. The number of halogens is 2. The summed E-state index contributed by atoms with van der Waals surface area (Å²) in [6.07, 6.45) is 0.319. The second kappa shape index (κ2) is 9.49. The number of methoxy groups -OCH3 is 1. The largest absolute Gasteiger partial charge is 0.382 e. The summed E-state index contributed by atoms with van der Waals surface area (Å²) in [4.78, 5) is 2.15. The van der Waals surface area contributed by atoms with Crippen LogP contribution in [-0.2, 0) is 9.47 Å². The van der Waals surface area contributed by atoms with Crippen LogP contribution in [0, 0.1) is 5.92 Å². The summed E-state index contributed by atoms with van der Waals surface area (Å²) >= 11 is 0. The van der Waals surface area contributed by atoms with Crippen molar-refractivity contribution in [2.75, 3.05) is 40.5 Å². The molecule has 21 heavy (non-hydrogen) atoms. The van der Waals surface area contributed by atoms with Gasteiger partial charge in [-0.3, -0.25) is 0 Å². The van der Waals surface area contributed by atoms with Gasteiger partial charge in [-0.1, -0.05) is 11.6 Å². The Labute approximate surface area is 127 Å². The van der Waals surface area contributed by atoms with Crippen molar-refractivity contribution in [1.29, 1.82) is 0 Å². The van der Waals surface area contributed by atoms with Gasteiger partial charge < -0.3 is 14.4 Å². The molecule has 0 saturated carbocycles. The highest BCUT2D eigenvalue weighted by molar-refractivity contribution is 5.14. The van der Waals surface area contributed by atoms with Gasteiger partial charge in [0.15, 0.2) is 0 Å². The predicted molar refractivity (Wildman–Crippen MR) is 81.1 cm³/mol. The van der Waals surface area contributed by atoms with Crippen molar-refractivity contribution in [2.45, 2.75) is 45.1 Å². The molecule has 0 fully saturated rings. The lowest BCUT2D eigenvalue weighted by atomic mass is 9.84. The first kappa shape index (κ1) is 18.5. The highest BCUT2D eigenvalue weighted by Gasteiger charge is 2.32. The second-order valence-electron chi connectivity index (χ2n) is 5.92. The van der Waals surface area contributed by atoms with E-state index in [9.17, 15) is 8.78 Å². The average Bonchev–Trinajstić information content (AvgIpc) is 2.41. The van der Waals surface area contributed by atoms with Gasteiger partial charge in [-0.05, 0) is 27.3 Å². The zero-order valence-corrected chi connectivity index (χ0v) is 13.6. The molecule has 0 aromatic heterocycles. The van der Waals surface area contributed by atoms with Crippen LogP contribution in [0.4, 0.5) is 8.78 Å². The van der Waals surface area contributed by atoms with E-state index in [1.165, 1.54) is 6.92 Å². The summed E-state index contributed by atoms with van der Waals surface area (Å²) in [5.41, 5.74) is 0.916. The van der Waals surface area contributed by atoms with Crippen molar-refractivity contribution in [3.63, 3.8) is 0 Å². The number of ether oxygens (including phenoxy) is 2. The monoisotopic (exact) mass is 305 g/mol. The second-order valence-corrected chi connectivity index (χ2v) is 5.92. The first-order valence-electron chi connectivity index (χ1n) is 7.71. The standard InChI is InChI=1S/C16H29F2NO2/c1-12(21-10-9-20-4)11-15(18)16(13(2)17)14-5-7-19(3)8-6-14/h5,12-13,15-16H,6-11H2,1-4H3. The third-order valence-electron chi connectivity index (χ3n) is 4.01. The van der Waals surface area contributed by atoms with Gasteiger partial charge in [0.25, 0.3) is 0 Å². The normalized spacial score (nSPS) is 22.5. The summed E-state index contributed by atoms with van der Waals surface area (Å²) in [6, 6.07) is 0. The minimum Gasteiger partial charge on any atom is -0.382 e. The third-order valence-corrected chi connectivity index (χ3v) is 4.01. The van der Waals surface area contributed by atoms with Crippen molar-refractivity contribution >= 4 is 0 Å². The molecule has 0 bridgehead atoms. The highest BCUT2D eigenvalue weighted by atomic mass is 19.1. The summed E-state index contributed by atoms with van der Waals surface area (Å²) in [7, 11) is 3.61. The molecule has 4 atom stereocenters. The van der Waals surface area contributed by atoms with E-state index < -0.39 is 18.3 Å². The van der Waals surface area contributed by atoms with E-state index >= 15 is 0 Å². The molecule has 1 heterocycles. The van der Waals surface area contributed by atoms with Gasteiger partial charge in [0, 0.05) is 32.5 Å². The number of likely N-dealkylation sites (N-methyl/N-ethyl adjacent to an activating group) is 1. The highest BCUT2D eigenvalue weighted by Crippen LogP contribution is 2.31. The Bertz CT molecular complexity index is 323. The Morgan fingerprint density at radius 2 is 2.00 bits per heavy atom. The van der Waals surface area contributed by atoms with Gasteiger partial charge in [0.1, 0.15) is 12.3 Å². The van der Waals surface area contributed by atoms with Crippen LogP contribution in [0.25, 0.3) is 0 Å². The zero-order valence-electron chi connectivity index (χ0n) is 13.6. The van der Waals surface area contributed by atoms with Gasteiger partial charge in [-0.25, -0.2) is 8.78 Å². The van der Waals surface area contributed by atoms with E-state index in [1.54, 1.807) is 7.11 Å². The van der Waals surface area contributed by atoms with Crippen LogP contribution in [0.3, 0.4) is 0 Å². The van der Waals surface area contributed by atoms with Crippen LogP contribution in [0.1, 0.15) is 26.7 Å². The van der Waals surface area contributed by atoms with Gasteiger partial charge in [0.05, 0.1) is 19.3 Å². The summed E-state index contributed by atoms with van der Waals surface area (Å²) in [5.74, 6) is -0.646. The first-order chi connectivity index (χ1) is 9.95. The topological polar surface area (TPSA) is 21.7 Å². The van der Waals surface area contributed by atoms with Crippen LogP contribution in [0.5, 0.6) is 0 Å². The van der Waals surface area contributed by atoms with Crippen molar-refractivity contribution in [3.05, 3.63) is 11.6 Å². The molecule has 5 heteroatoms. The fraction of sp³-hybridized carbons (Fsp3) is 0.875. The van der Waals surface area contributed by atoms with E-state index in [0.717, 1.165) is 25.1 Å². The molecule has 0 N–H and O–H groups in total. The molecule has 4 unspecified atom stereocenters. The maximum Gasteiger partial charge on any atom is 0.112 e. The Kier molecular flexibility index (Phi) is 8.37. The fourth-order valence-electron chi connectivity index (χ4n) is 2.77. The molecular formula is C16H29F2NO2. The van der Waals surface area contributed by atoms with E-state index in [4.69, 9.17) is 9.47 Å². The van der Waals surface area contributed by atoms with Crippen molar-refractivity contribution in [1.82, 2.24) is 4.90 Å². The molecule has 0 amide bonds. The minimum absolute atomic E-state index is 0.218. The summed E-state index contributed by atoms with van der Waals surface area (Å²) in [5, 5.41) is 0. The summed E-state index contributed by atoms with van der Waals surface area (Å²) in [6.45, 7) is 5.83. The maximum absolute atomic E-state index is 14.6. The van der Waals surface area contributed by atoms with Gasteiger partial charge in [-0.15, -0.1) is 0 Å². The van der Waals surface area contributed by atoms with E-state index in [-0.39, 0.29) is 12.5 Å². The molecule has 0 spiro atoms. The molecule has 1 rings (SSSR count). The predicted octanol–water partition coefficient (Wildman–Crippen LogP) is 3.00. The molecule has 0 aromatic rings. The summed E-state index contributed by atoms with van der Waals surface area (Å²) < 4.78 is 38.8. The number of hydrogen-bond acceptors (Lipinski definition) is 3. The zero-order chi connectivity index (χ0) is 15.8. The number of alkyl halides is 2. The minimum atomic E-state index is -1.21. The van der Waals surface area contributed by atoms with E-state index in [0.29, 0.717) is 13.2 Å². The molecule has 0 aromatic carbocycles. The van der Waals surface area contributed by atoms with Crippen molar-refractivity contribution < 1.29 is 18.3 Å². The van der Waals surface area contributed by atoms with Crippen molar-refractivity contribution in [2.24, 2.45) is 5.92 Å². The number of nitrogens with zero attached hydrogens (tertiary/aromatic N) is 1. The lowest BCUT2D eigenvalue weighted by molar-refractivity contribution is 0.00251. The van der Waals surface area contributed by atoms with Gasteiger partial charge in [-0.2, -0.15) is 0 Å². The Balaban J connectivity index is 2.55. The van der Waals surface area contributed by atoms with Crippen molar-refractivity contribution in [3.8, 4) is 0 Å². The molecular weight excluding hydrogens is 276 g/mol. The molecule has 1 aliphatic rings. The first-order valence-corrected chi connectivity index (χ1v) is 7.71. The van der Waals surface area contributed by atoms with Crippen LogP contribution >= 0.6 is 0 Å². The SMILES string of the molecule is COCCOC(C)CC(F)C(C1=CCN(C)CC1)C(C)F. The number of hydrogen-bond donors (Lipinski definition) is 0.